The zero-order valence-corrected chi connectivity index (χ0v) is 12.1. The third-order valence-electron chi connectivity index (χ3n) is 3.87. The maximum Gasteiger partial charge on any atom is 0.0637 e. The molecule has 1 N–H and O–H groups in total. The first-order valence-corrected chi connectivity index (χ1v) is 6.83. The predicted molar refractivity (Wildman–Crippen MR) is 71.3 cm³/mol. The van der Waals surface area contributed by atoms with E-state index in [1.165, 1.54) is 12.8 Å². The van der Waals surface area contributed by atoms with E-state index in [1.54, 1.807) is 7.11 Å². The fourth-order valence-electron chi connectivity index (χ4n) is 2.68. The van der Waals surface area contributed by atoms with Crippen LogP contribution in [0.2, 0.25) is 0 Å². The van der Waals surface area contributed by atoms with E-state index >= 15 is 0 Å². The van der Waals surface area contributed by atoms with Crippen LogP contribution in [0, 0.1) is 5.92 Å². The van der Waals surface area contributed by atoms with Gasteiger partial charge in [0.05, 0.1) is 5.60 Å². The second-order valence-electron chi connectivity index (χ2n) is 5.97. The zero-order valence-electron chi connectivity index (χ0n) is 12.1. The first-order chi connectivity index (χ1) is 7.94. The Kier molecular flexibility index (Phi) is 5.90. The summed E-state index contributed by atoms with van der Waals surface area (Å²) >= 11 is 0. The highest BCUT2D eigenvalue weighted by molar-refractivity contribution is 4.81. The average molecular weight is 243 g/mol. The van der Waals surface area contributed by atoms with Gasteiger partial charge in [-0.25, -0.2) is 0 Å². The molecule has 17 heavy (non-hydrogen) atoms. The summed E-state index contributed by atoms with van der Waals surface area (Å²) in [7, 11) is 1.79. The van der Waals surface area contributed by atoms with Crippen LogP contribution >= 0.6 is 0 Å². The van der Waals surface area contributed by atoms with Gasteiger partial charge in [0.25, 0.3) is 0 Å². The Morgan fingerprint density at radius 1 is 1.29 bits per heavy atom. The van der Waals surface area contributed by atoms with Crippen LogP contribution in [0.25, 0.3) is 0 Å². The number of methoxy groups -OCH3 is 1. The summed E-state index contributed by atoms with van der Waals surface area (Å²) in [6.45, 7) is 10.7. The Morgan fingerprint density at radius 2 is 1.88 bits per heavy atom. The number of ether oxygens (including phenoxy) is 2. The Balaban J connectivity index is 2.31. The minimum Gasteiger partial charge on any atom is -0.381 e. The molecule has 2 atom stereocenters. The topological polar surface area (TPSA) is 30.5 Å². The van der Waals surface area contributed by atoms with Crippen molar-refractivity contribution in [2.24, 2.45) is 5.92 Å². The molecule has 1 fully saturated rings. The van der Waals surface area contributed by atoms with Gasteiger partial charge in [0.2, 0.25) is 0 Å². The molecule has 0 radical (unpaired) electrons. The molecule has 1 heterocycles. The van der Waals surface area contributed by atoms with Crippen molar-refractivity contribution in [1.29, 1.82) is 0 Å². The van der Waals surface area contributed by atoms with Crippen LogP contribution in [0.1, 0.15) is 47.0 Å². The Morgan fingerprint density at radius 3 is 2.41 bits per heavy atom. The van der Waals surface area contributed by atoms with Crippen LogP contribution in [-0.4, -0.2) is 38.0 Å². The number of hydrogen-bond donors (Lipinski definition) is 1. The van der Waals surface area contributed by atoms with E-state index in [9.17, 15) is 0 Å². The predicted octanol–water partition coefficient (Wildman–Crippen LogP) is 2.59. The second-order valence-corrected chi connectivity index (χ2v) is 5.97. The third-order valence-corrected chi connectivity index (χ3v) is 3.87. The van der Waals surface area contributed by atoms with Crippen LogP contribution in [-0.2, 0) is 9.47 Å². The number of hydrogen-bond acceptors (Lipinski definition) is 3. The maximum atomic E-state index is 5.48. The molecule has 0 aromatic rings. The van der Waals surface area contributed by atoms with E-state index in [0.29, 0.717) is 12.1 Å². The quantitative estimate of drug-likeness (QED) is 0.778. The van der Waals surface area contributed by atoms with Gasteiger partial charge in [-0.2, -0.15) is 0 Å². The van der Waals surface area contributed by atoms with Crippen LogP contribution in [0.4, 0.5) is 0 Å². The molecule has 102 valence electrons. The zero-order chi connectivity index (χ0) is 12.9. The van der Waals surface area contributed by atoms with Crippen LogP contribution in [0.3, 0.4) is 0 Å². The minimum absolute atomic E-state index is 0.0399. The minimum atomic E-state index is -0.0399. The van der Waals surface area contributed by atoms with Crippen molar-refractivity contribution in [3.8, 4) is 0 Å². The maximum absolute atomic E-state index is 5.48. The molecule has 2 unspecified atom stereocenters. The smallest absolute Gasteiger partial charge is 0.0637 e. The molecule has 1 aliphatic heterocycles. The lowest BCUT2D eigenvalue weighted by atomic mass is 9.91. The Hall–Kier alpha value is -0.120. The van der Waals surface area contributed by atoms with E-state index in [2.05, 4.69) is 33.0 Å². The summed E-state index contributed by atoms with van der Waals surface area (Å²) < 4.78 is 10.9. The molecule has 0 aromatic carbocycles. The fraction of sp³-hybridized carbons (Fsp3) is 1.00. The van der Waals surface area contributed by atoms with E-state index in [1.807, 2.05) is 0 Å². The highest BCUT2D eigenvalue weighted by Gasteiger charge is 2.24. The molecule has 0 aliphatic carbocycles. The average Bonchev–Trinajstić information content (AvgIpc) is 2.29. The summed E-state index contributed by atoms with van der Waals surface area (Å²) in [5.74, 6) is 0.761. The van der Waals surface area contributed by atoms with Gasteiger partial charge < -0.3 is 14.8 Å². The van der Waals surface area contributed by atoms with Crippen molar-refractivity contribution >= 4 is 0 Å². The lowest BCUT2D eigenvalue weighted by Gasteiger charge is -2.33. The van der Waals surface area contributed by atoms with E-state index in [4.69, 9.17) is 9.47 Å². The first kappa shape index (κ1) is 14.9. The molecule has 1 aliphatic rings. The highest BCUT2D eigenvalue weighted by atomic mass is 16.5. The first-order valence-electron chi connectivity index (χ1n) is 6.83. The summed E-state index contributed by atoms with van der Waals surface area (Å²) in [4.78, 5) is 0. The van der Waals surface area contributed by atoms with Crippen LogP contribution < -0.4 is 5.32 Å². The van der Waals surface area contributed by atoms with E-state index in [-0.39, 0.29) is 5.60 Å². The van der Waals surface area contributed by atoms with Gasteiger partial charge >= 0.3 is 0 Å². The fourth-order valence-corrected chi connectivity index (χ4v) is 2.68. The molecule has 0 aromatic heterocycles. The molecule has 0 bridgehead atoms. The van der Waals surface area contributed by atoms with Gasteiger partial charge in [-0.1, -0.05) is 0 Å². The molecule has 1 saturated heterocycles. The molecule has 0 amide bonds. The lowest BCUT2D eigenvalue weighted by Crippen LogP contribution is -2.44. The molecule has 0 saturated carbocycles. The summed E-state index contributed by atoms with van der Waals surface area (Å²) in [6.07, 6.45) is 3.42. The van der Waals surface area contributed by atoms with Gasteiger partial charge in [-0.15, -0.1) is 0 Å². The number of rotatable bonds is 6. The molecular formula is C14H29NO2. The van der Waals surface area contributed by atoms with E-state index in [0.717, 1.165) is 25.6 Å². The van der Waals surface area contributed by atoms with Crippen molar-refractivity contribution in [1.82, 2.24) is 5.32 Å². The lowest BCUT2D eigenvalue weighted by molar-refractivity contribution is 0.00532. The van der Waals surface area contributed by atoms with Gasteiger partial charge in [-0.05, 0) is 52.9 Å². The monoisotopic (exact) mass is 243 g/mol. The molecule has 1 rings (SSSR count). The summed E-state index contributed by atoms with van der Waals surface area (Å²) in [5, 5.41) is 3.70. The standard InChI is InChI=1S/C14H29NO2/c1-11(10-14(3,4)16-5)15-12(2)13-6-8-17-9-7-13/h11-13,15H,6-10H2,1-5H3. The molecule has 3 heteroatoms. The normalized spacial score (nSPS) is 22.4. The van der Waals surface area contributed by atoms with Gasteiger partial charge in [0, 0.05) is 32.4 Å². The Labute approximate surface area is 106 Å². The SMILES string of the molecule is COC(C)(C)CC(C)NC(C)C1CCOCC1. The van der Waals surface area contributed by atoms with E-state index < -0.39 is 0 Å². The largest absolute Gasteiger partial charge is 0.381 e. The molecule has 0 spiro atoms. The van der Waals surface area contributed by atoms with Crippen molar-refractivity contribution in [3.05, 3.63) is 0 Å². The van der Waals surface area contributed by atoms with Crippen molar-refractivity contribution < 1.29 is 9.47 Å². The highest BCUT2D eigenvalue weighted by Crippen LogP contribution is 2.21. The van der Waals surface area contributed by atoms with Gasteiger partial charge in [0.15, 0.2) is 0 Å². The molecular weight excluding hydrogens is 214 g/mol. The van der Waals surface area contributed by atoms with Crippen molar-refractivity contribution in [2.75, 3.05) is 20.3 Å². The van der Waals surface area contributed by atoms with Gasteiger partial charge in [0.1, 0.15) is 0 Å². The third kappa shape index (κ3) is 5.36. The van der Waals surface area contributed by atoms with Crippen molar-refractivity contribution in [3.63, 3.8) is 0 Å². The molecule has 3 nitrogen and oxygen atoms in total. The van der Waals surface area contributed by atoms with Gasteiger partial charge in [-0.3, -0.25) is 0 Å². The number of nitrogens with one attached hydrogen (secondary N) is 1. The van der Waals surface area contributed by atoms with Crippen LogP contribution in [0.15, 0.2) is 0 Å². The summed E-state index contributed by atoms with van der Waals surface area (Å²) in [5.41, 5.74) is -0.0399. The summed E-state index contributed by atoms with van der Waals surface area (Å²) in [6, 6.07) is 1.06. The second kappa shape index (κ2) is 6.72. The van der Waals surface area contributed by atoms with Crippen LogP contribution in [0.5, 0.6) is 0 Å². The van der Waals surface area contributed by atoms with Crippen molar-refractivity contribution in [2.45, 2.75) is 64.6 Å². The Bertz CT molecular complexity index is 212.